The Morgan fingerprint density at radius 1 is 1.27 bits per heavy atom. The fourth-order valence-electron chi connectivity index (χ4n) is 2.85. The zero-order valence-electron chi connectivity index (χ0n) is 15.0. The van der Waals surface area contributed by atoms with Gasteiger partial charge in [0.05, 0.1) is 24.0 Å². The number of phenolic OH excluding ortho intramolecular Hbond substituents is 1. The number of aliphatic carboxylic acids is 1. The summed E-state index contributed by atoms with van der Waals surface area (Å²) in [7, 11) is 0. The first-order valence-corrected chi connectivity index (χ1v) is 8.51. The predicted molar refractivity (Wildman–Crippen MR) is 93.8 cm³/mol. The maximum Gasteiger partial charge on any atom is 0.340 e. The van der Waals surface area contributed by atoms with Crippen molar-refractivity contribution in [2.75, 3.05) is 0 Å². The van der Waals surface area contributed by atoms with E-state index in [1.54, 1.807) is 19.9 Å². The number of amides is 1. The Morgan fingerprint density at radius 3 is 2.58 bits per heavy atom. The van der Waals surface area contributed by atoms with E-state index >= 15 is 0 Å². The van der Waals surface area contributed by atoms with Crippen molar-refractivity contribution in [3.63, 3.8) is 0 Å². The minimum Gasteiger partial charge on any atom is -0.548 e. The number of rotatable bonds is 7. The average Bonchev–Trinajstić information content (AvgIpc) is 2.58. The minimum absolute atomic E-state index is 0.0123. The number of unbranched alkanes of at least 4 members (excludes halogenated alkanes) is 1. The third-order valence-electron chi connectivity index (χ3n) is 4.48. The summed E-state index contributed by atoms with van der Waals surface area (Å²) < 4.78 is 5.28. The Bertz CT molecular complexity index is 899. The highest BCUT2D eigenvalue weighted by molar-refractivity contribution is 5.88. The molecule has 140 valence electrons. The van der Waals surface area contributed by atoms with Gasteiger partial charge >= 0.3 is 5.63 Å². The zero-order chi connectivity index (χ0) is 19.4. The van der Waals surface area contributed by atoms with Gasteiger partial charge in [0.15, 0.2) is 0 Å². The number of aryl methyl sites for hydroxylation is 2. The summed E-state index contributed by atoms with van der Waals surface area (Å²) in [5, 5.41) is 23.9. The second-order valence-electron chi connectivity index (χ2n) is 6.34. The lowest BCUT2D eigenvalue weighted by molar-refractivity contribution is -0.308. The molecule has 1 aromatic heterocycles. The van der Waals surface area contributed by atoms with Crippen molar-refractivity contribution in [3.8, 4) is 5.75 Å². The minimum atomic E-state index is -1.35. The van der Waals surface area contributed by atoms with E-state index in [1.165, 1.54) is 6.07 Å². The summed E-state index contributed by atoms with van der Waals surface area (Å²) in [4.78, 5) is 35.7. The van der Waals surface area contributed by atoms with Gasteiger partial charge < -0.3 is 24.7 Å². The average molecular weight is 360 g/mol. The number of hydrogen-bond acceptors (Lipinski definition) is 6. The van der Waals surface area contributed by atoms with E-state index in [2.05, 4.69) is 5.32 Å². The molecule has 7 nitrogen and oxygen atoms in total. The highest BCUT2D eigenvalue weighted by Crippen LogP contribution is 2.28. The lowest BCUT2D eigenvalue weighted by Gasteiger charge is -2.19. The summed E-state index contributed by atoms with van der Waals surface area (Å²) in [6.45, 7) is 5.23. The number of hydrogen-bond donors (Lipinski definition) is 2. The molecule has 0 spiro atoms. The Kier molecular flexibility index (Phi) is 6.02. The van der Waals surface area contributed by atoms with Gasteiger partial charge in [0.2, 0.25) is 5.91 Å². The number of carboxylic acid groups (broad SMARTS) is 1. The SMILES string of the molecule is CCCC[C@H](NC(=O)Cc1c(C)c2ccc(O)c(C)c2oc1=O)C(=O)[O-]. The molecule has 0 aliphatic carbocycles. The van der Waals surface area contributed by atoms with Crippen molar-refractivity contribution in [2.45, 2.75) is 52.5 Å². The number of nitrogens with one attached hydrogen (secondary N) is 1. The molecule has 2 N–H and O–H groups in total. The lowest BCUT2D eigenvalue weighted by atomic mass is 10.0. The summed E-state index contributed by atoms with van der Waals surface area (Å²) in [5.41, 5.74) is 0.751. The molecule has 1 amide bonds. The topological polar surface area (TPSA) is 120 Å². The molecule has 0 unspecified atom stereocenters. The van der Waals surface area contributed by atoms with E-state index in [-0.39, 0.29) is 29.7 Å². The van der Waals surface area contributed by atoms with Crippen LogP contribution in [0.4, 0.5) is 0 Å². The van der Waals surface area contributed by atoms with Crippen LogP contribution in [0.25, 0.3) is 11.0 Å². The molecule has 0 aliphatic rings. The fraction of sp³-hybridized carbons (Fsp3) is 0.421. The van der Waals surface area contributed by atoms with Gasteiger partial charge in [-0.05, 0) is 38.0 Å². The van der Waals surface area contributed by atoms with E-state index in [0.29, 0.717) is 22.9 Å². The van der Waals surface area contributed by atoms with Crippen LogP contribution in [0.3, 0.4) is 0 Å². The lowest BCUT2D eigenvalue weighted by Crippen LogP contribution is -2.48. The van der Waals surface area contributed by atoms with Crippen molar-refractivity contribution < 1.29 is 24.2 Å². The van der Waals surface area contributed by atoms with Gasteiger partial charge in [0, 0.05) is 10.9 Å². The van der Waals surface area contributed by atoms with E-state index in [9.17, 15) is 24.6 Å². The quantitative estimate of drug-likeness (QED) is 0.713. The van der Waals surface area contributed by atoms with Crippen LogP contribution in [-0.2, 0) is 16.0 Å². The Balaban J connectivity index is 2.30. The number of phenols is 1. The van der Waals surface area contributed by atoms with Crippen LogP contribution in [-0.4, -0.2) is 23.0 Å². The second kappa shape index (κ2) is 8.03. The smallest absolute Gasteiger partial charge is 0.340 e. The van der Waals surface area contributed by atoms with Crippen LogP contribution >= 0.6 is 0 Å². The third-order valence-corrected chi connectivity index (χ3v) is 4.48. The molecule has 0 fully saturated rings. The van der Waals surface area contributed by atoms with E-state index in [4.69, 9.17) is 4.42 Å². The second-order valence-corrected chi connectivity index (χ2v) is 6.34. The zero-order valence-corrected chi connectivity index (χ0v) is 15.0. The fourth-order valence-corrected chi connectivity index (χ4v) is 2.85. The third kappa shape index (κ3) is 4.04. The van der Waals surface area contributed by atoms with Gasteiger partial charge in [-0.15, -0.1) is 0 Å². The number of carboxylic acids is 1. The number of fused-ring (bicyclic) bond motifs is 1. The first-order chi connectivity index (χ1) is 12.3. The first kappa shape index (κ1) is 19.5. The van der Waals surface area contributed by atoms with Gasteiger partial charge in [0.25, 0.3) is 0 Å². The molecule has 1 heterocycles. The van der Waals surface area contributed by atoms with Crippen LogP contribution in [0.5, 0.6) is 5.75 Å². The van der Waals surface area contributed by atoms with Gasteiger partial charge in [-0.1, -0.05) is 19.8 Å². The van der Waals surface area contributed by atoms with Crippen molar-refractivity contribution in [2.24, 2.45) is 0 Å². The summed E-state index contributed by atoms with van der Waals surface area (Å²) in [6.07, 6.45) is 1.41. The molecular formula is C19H22NO6-. The summed E-state index contributed by atoms with van der Waals surface area (Å²) in [6, 6.07) is 2.02. The molecule has 2 rings (SSSR count). The maximum absolute atomic E-state index is 12.3. The monoisotopic (exact) mass is 360 g/mol. The van der Waals surface area contributed by atoms with Gasteiger partial charge in [-0.25, -0.2) is 4.79 Å². The van der Waals surface area contributed by atoms with Crippen molar-refractivity contribution in [3.05, 3.63) is 39.2 Å². The van der Waals surface area contributed by atoms with E-state index < -0.39 is 23.5 Å². The number of benzene rings is 1. The van der Waals surface area contributed by atoms with Crippen LogP contribution < -0.4 is 16.0 Å². The largest absolute Gasteiger partial charge is 0.548 e. The Hall–Kier alpha value is -2.83. The molecule has 0 radical (unpaired) electrons. The molecule has 0 saturated heterocycles. The van der Waals surface area contributed by atoms with Gasteiger partial charge in [0.1, 0.15) is 11.3 Å². The van der Waals surface area contributed by atoms with Crippen LogP contribution in [0.1, 0.15) is 42.9 Å². The van der Waals surface area contributed by atoms with Crippen LogP contribution in [0, 0.1) is 13.8 Å². The predicted octanol–water partition coefficient (Wildman–Crippen LogP) is 1.08. The van der Waals surface area contributed by atoms with Gasteiger partial charge in [-0.3, -0.25) is 4.79 Å². The standard InChI is InChI=1S/C19H23NO6/c1-4-5-6-14(18(23)24)20-16(22)9-13-10(2)12-7-8-15(21)11(3)17(12)26-19(13)25/h7-8,14,21H,4-6,9H2,1-3H3,(H,20,22)(H,23,24)/p-1/t14-/m0/s1. The molecule has 1 aromatic carbocycles. The molecule has 0 bridgehead atoms. The summed E-state index contributed by atoms with van der Waals surface area (Å²) >= 11 is 0. The van der Waals surface area contributed by atoms with Crippen LogP contribution in [0.2, 0.25) is 0 Å². The molecule has 1 atom stereocenters. The van der Waals surface area contributed by atoms with E-state index in [0.717, 1.165) is 6.42 Å². The number of aromatic hydroxyl groups is 1. The Morgan fingerprint density at radius 2 is 1.96 bits per heavy atom. The molecule has 0 aliphatic heterocycles. The van der Waals surface area contributed by atoms with Crippen molar-refractivity contribution in [1.29, 1.82) is 0 Å². The normalized spacial score (nSPS) is 12.1. The highest BCUT2D eigenvalue weighted by Gasteiger charge is 2.19. The Labute approximate surface area is 150 Å². The first-order valence-electron chi connectivity index (χ1n) is 8.51. The van der Waals surface area contributed by atoms with E-state index in [1.807, 2.05) is 6.92 Å². The molecule has 7 heteroatoms. The van der Waals surface area contributed by atoms with Gasteiger partial charge in [-0.2, -0.15) is 0 Å². The van der Waals surface area contributed by atoms with Crippen LogP contribution in [0.15, 0.2) is 21.3 Å². The highest BCUT2D eigenvalue weighted by atomic mass is 16.4. The molecular weight excluding hydrogens is 338 g/mol. The molecule has 0 saturated carbocycles. The number of carbonyl (C=O) groups excluding carboxylic acids is 2. The molecule has 2 aromatic rings. The number of carbonyl (C=O) groups is 2. The summed E-state index contributed by atoms with van der Waals surface area (Å²) in [5.74, 6) is -1.92. The molecule has 26 heavy (non-hydrogen) atoms. The maximum atomic E-state index is 12.3. The van der Waals surface area contributed by atoms with Crippen molar-refractivity contribution >= 4 is 22.8 Å². The van der Waals surface area contributed by atoms with Crippen molar-refractivity contribution in [1.82, 2.24) is 5.32 Å².